The van der Waals surface area contributed by atoms with Crippen LogP contribution in [0.2, 0.25) is 0 Å². The molecule has 104 valence electrons. The first-order chi connectivity index (χ1) is 9.64. The van der Waals surface area contributed by atoms with Gasteiger partial charge in [0.1, 0.15) is 5.82 Å². The van der Waals surface area contributed by atoms with Gasteiger partial charge < -0.3 is 9.80 Å². The first-order valence-corrected chi connectivity index (χ1v) is 7.01. The van der Waals surface area contributed by atoms with Crippen molar-refractivity contribution in [2.24, 2.45) is 5.41 Å². The van der Waals surface area contributed by atoms with Gasteiger partial charge in [0, 0.05) is 32.9 Å². The van der Waals surface area contributed by atoms with Gasteiger partial charge in [-0.05, 0) is 31.4 Å². The van der Waals surface area contributed by atoms with E-state index in [0.717, 1.165) is 44.7 Å². The van der Waals surface area contributed by atoms with Crippen molar-refractivity contribution in [1.29, 1.82) is 5.26 Å². The third kappa shape index (κ3) is 2.01. The minimum absolute atomic E-state index is 0.239. The molecule has 2 saturated heterocycles. The molecule has 20 heavy (non-hydrogen) atoms. The molecule has 1 amide bonds. The molecule has 2 aliphatic heterocycles. The highest BCUT2D eigenvalue weighted by molar-refractivity contribution is 5.84. The Kier molecular flexibility index (Phi) is 3.09. The van der Waals surface area contributed by atoms with E-state index in [1.807, 2.05) is 11.9 Å². The van der Waals surface area contributed by atoms with E-state index < -0.39 is 0 Å². The molecule has 1 aromatic heterocycles. The van der Waals surface area contributed by atoms with Crippen molar-refractivity contribution in [2.75, 3.05) is 31.6 Å². The molecule has 0 aliphatic carbocycles. The van der Waals surface area contributed by atoms with Gasteiger partial charge in [0.15, 0.2) is 0 Å². The summed E-state index contributed by atoms with van der Waals surface area (Å²) >= 11 is 0. The van der Waals surface area contributed by atoms with E-state index in [1.54, 1.807) is 18.3 Å². The van der Waals surface area contributed by atoms with Gasteiger partial charge in [-0.25, -0.2) is 4.98 Å². The van der Waals surface area contributed by atoms with E-state index in [1.165, 1.54) is 0 Å². The van der Waals surface area contributed by atoms with Crippen molar-refractivity contribution >= 4 is 11.7 Å². The summed E-state index contributed by atoms with van der Waals surface area (Å²) in [5.41, 5.74) is 0.375. The zero-order chi connectivity index (χ0) is 14.2. The molecule has 1 aromatic rings. The number of carbonyl (C=O) groups is 1. The Balaban J connectivity index is 1.82. The minimum Gasteiger partial charge on any atom is -0.355 e. The van der Waals surface area contributed by atoms with Crippen LogP contribution in [0.3, 0.4) is 0 Å². The summed E-state index contributed by atoms with van der Waals surface area (Å²) in [6.45, 7) is 2.42. The van der Waals surface area contributed by atoms with Gasteiger partial charge in [-0.1, -0.05) is 0 Å². The highest BCUT2D eigenvalue weighted by atomic mass is 16.2. The molecular formula is C15H18N4O. The molecule has 0 unspecified atom stereocenters. The SMILES string of the molecule is CN1CCC[C@]2(CCN(c3cc(C#N)ccn3)C2)C1=O. The predicted molar refractivity (Wildman–Crippen MR) is 75.1 cm³/mol. The van der Waals surface area contributed by atoms with Gasteiger partial charge >= 0.3 is 0 Å². The minimum atomic E-state index is -0.239. The van der Waals surface area contributed by atoms with E-state index in [2.05, 4.69) is 16.0 Å². The fourth-order valence-electron chi connectivity index (χ4n) is 3.38. The predicted octanol–water partition coefficient (Wildman–Crippen LogP) is 1.40. The molecule has 0 bridgehead atoms. The number of likely N-dealkylation sites (tertiary alicyclic amines) is 1. The molecule has 2 aliphatic rings. The van der Waals surface area contributed by atoms with Gasteiger partial charge in [-0.15, -0.1) is 0 Å². The fraction of sp³-hybridized carbons (Fsp3) is 0.533. The Bertz CT molecular complexity index is 579. The number of nitrogens with zero attached hydrogens (tertiary/aromatic N) is 4. The first-order valence-electron chi connectivity index (χ1n) is 7.01. The number of pyridine rings is 1. The first kappa shape index (κ1) is 12.9. The van der Waals surface area contributed by atoms with E-state index in [9.17, 15) is 4.79 Å². The zero-order valence-electron chi connectivity index (χ0n) is 11.7. The van der Waals surface area contributed by atoms with E-state index >= 15 is 0 Å². The van der Waals surface area contributed by atoms with Crippen LogP contribution < -0.4 is 4.90 Å². The van der Waals surface area contributed by atoms with Gasteiger partial charge in [0.25, 0.3) is 0 Å². The summed E-state index contributed by atoms with van der Waals surface area (Å²) in [6.07, 6.45) is 4.58. The van der Waals surface area contributed by atoms with Crippen molar-refractivity contribution in [3.05, 3.63) is 23.9 Å². The molecule has 0 radical (unpaired) electrons. The molecule has 0 N–H and O–H groups in total. The lowest BCUT2D eigenvalue weighted by Crippen LogP contribution is -2.48. The van der Waals surface area contributed by atoms with Crippen molar-refractivity contribution in [3.63, 3.8) is 0 Å². The Morgan fingerprint density at radius 1 is 1.40 bits per heavy atom. The highest BCUT2D eigenvalue weighted by Crippen LogP contribution is 2.40. The van der Waals surface area contributed by atoms with E-state index in [4.69, 9.17) is 5.26 Å². The number of aromatic nitrogens is 1. The third-order valence-electron chi connectivity index (χ3n) is 4.50. The van der Waals surface area contributed by atoms with Crippen LogP contribution in [0.5, 0.6) is 0 Å². The maximum Gasteiger partial charge on any atom is 0.230 e. The molecular weight excluding hydrogens is 252 g/mol. The third-order valence-corrected chi connectivity index (χ3v) is 4.50. The molecule has 1 atom stereocenters. The number of anilines is 1. The van der Waals surface area contributed by atoms with Crippen LogP contribution in [0.15, 0.2) is 18.3 Å². The maximum atomic E-state index is 12.5. The topological polar surface area (TPSA) is 60.2 Å². The molecule has 0 saturated carbocycles. The Morgan fingerprint density at radius 3 is 3.05 bits per heavy atom. The van der Waals surface area contributed by atoms with Crippen molar-refractivity contribution < 1.29 is 4.79 Å². The molecule has 0 aromatic carbocycles. The molecule has 3 heterocycles. The highest BCUT2D eigenvalue weighted by Gasteiger charge is 2.47. The smallest absolute Gasteiger partial charge is 0.230 e. The van der Waals surface area contributed by atoms with Crippen LogP contribution in [0.25, 0.3) is 0 Å². The van der Waals surface area contributed by atoms with Gasteiger partial charge in [-0.3, -0.25) is 4.79 Å². The van der Waals surface area contributed by atoms with Gasteiger partial charge in [0.05, 0.1) is 17.0 Å². The standard InChI is InChI=1S/C15H18N4O/c1-18-7-2-4-15(14(18)20)5-8-19(11-15)13-9-12(10-16)3-6-17-13/h3,6,9H,2,4-5,7-8,11H2,1H3/t15-/m1/s1. The summed E-state index contributed by atoms with van der Waals surface area (Å²) in [5, 5.41) is 8.97. The largest absolute Gasteiger partial charge is 0.355 e. The number of rotatable bonds is 1. The number of hydrogen-bond donors (Lipinski definition) is 0. The molecule has 5 heteroatoms. The van der Waals surface area contributed by atoms with Crippen LogP contribution in [0, 0.1) is 16.7 Å². The number of carbonyl (C=O) groups excluding carboxylic acids is 1. The maximum absolute atomic E-state index is 12.5. The Hall–Kier alpha value is -2.09. The van der Waals surface area contributed by atoms with E-state index in [0.29, 0.717) is 5.56 Å². The zero-order valence-corrected chi connectivity index (χ0v) is 11.7. The van der Waals surface area contributed by atoms with Crippen LogP contribution in [0.1, 0.15) is 24.8 Å². The van der Waals surface area contributed by atoms with Crippen LogP contribution in [0.4, 0.5) is 5.82 Å². The van der Waals surface area contributed by atoms with Gasteiger partial charge in [0.2, 0.25) is 5.91 Å². The second-order valence-electron chi connectivity index (χ2n) is 5.80. The average molecular weight is 270 g/mol. The number of hydrogen-bond acceptors (Lipinski definition) is 4. The average Bonchev–Trinajstić information content (AvgIpc) is 2.90. The lowest BCUT2D eigenvalue weighted by molar-refractivity contribution is -0.143. The quantitative estimate of drug-likeness (QED) is 0.774. The summed E-state index contributed by atoms with van der Waals surface area (Å²) < 4.78 is 0. The summed E-state index contributed by atoms with van der Waals surface area (Å²) in [5.74, 6) is 1.07. The summed E-state index contributed by atoms with van der Waals surface area (Å²) in [4.78, 5) is 20.8. The normalized spacial score (nSPS) is 26.1. The van der Waals surface area contributed by atoms with Gasteiger partial charge in [-0.2, -0.15) is 5.26 Å². The lowest BCUT2D eigenvalue weighted by atomic mass is 9.78. The van der Waals surface area contributed by atoms with Crippen LogP contribution in [-0.2, 0) is 4.79 Å². The number of nitriles is 1. The molecule has 5 nitrogen and oxygen atoms in total. The van der Waals surface area contributed by atoms with Crippen LogP contribution in [-0.4, -0.2) is 42.5 Å². The summed E-state index contributed by atoms with van der Waals surface area (Å²) in [7, 11) is 1.89. The Morgan fingerprint density at radius 2 is 2.25 bits per heavy atom. The van der Waals surface area contributed by atoms with E-state index in [-0.39, 0.29) is 11.3 Å². The van der Waals surface area contributed by atoms with Crippen molar-refractivity contribution in [2.45, 2.75) is 19.3 Å². The molecule has 3 rings (SSSR count). The Labute approximate surface area is 118 Å². The molecule has 2 fully saturated rings. The summed E-state index contributed by atoms with van der Waals surface area (Å²) in [6, 6.07) is 5.64. The fourth-order valence-corrected chi connectivity index (χ4v) is 3.38. The monoisotopic (exact) mass is 270 g/mol. The van der Waals surface area contributed by atoms with Crippen LogP contribution >= 0.6 is 0 Å². The second kappa shape index (κ2) is 4.78. The number of piperidine rings is 1. The lowest BCUT2D eigenvalue weighted by Gasteiger charge is -2.37. The van der Waals surface area contributed by atoms with Crippen molar-refractivity contribution in [3.8, 4) is 6.07 Å². The molecule has 1 spiro atoms. The van der Waals surface area contributed by atoms with Crippen molar-refractivity contribution in [1.82, 2.24) is 9.88 Å². The second-order valence-corrected chi connectivity index (χ2v) is 5.80. The number of amides is 1.